The van der Waals surface area contributed by atoms with Gasteiger partial charge >= 0.3 is 0 Å². The van der Waals surface area contributed by atoms with Gasteiger partial charge in [0.2, 0.25) is 0 Å². The summed E-state index contributed by atoms with van der Waals surface area (Å²) in [4.78, 5) is 14.2. The Morgan fingerprint density at radius 1 is 1.00 bits per heavy atom. The van der Waals surface area contributed by atoms with Crippen LogP contribution >= 0.6 is 0 Å². The number of aromatic nitrogens is 3. The molecule has 1 aliphatic carbocycles. The molecule has 0 fully saturated rings. The van der Waals surface area contributed by atoms with Crippen molar-refractivity contribution in [3.05, 3.63) is 71.0 Å². The van der Waals surface area contributed by atoms with E-state index in [0.717, 1.165) is 43.1 Å². The van der Waals surface area contributed by atoms with Crippen molar-refractivity contribution in [1.29, 1.82) is 0 Å². The zero-order valence-electron chi connectivity index (χ0n) is 15.3. The lowest BCUT2D eigenvalue weighted by Crippen LogP contribution is -2.27. The molecule has 0 spiro atoms. The van der Waals surface area contributed by atoms with E-state index in [1.807, 2.05) is 18.2 Å². The van der Waals surface area contributed by atoms with Crippen LogP contribution in [-0.2, 0) is 19.4 Å². The Kier molecular flexibility index (Phi) is 4.30. The molecule has 27 heavy (non-hydrogen) atoms. The van der Waals surface area contributed by atoms with Crippen molar-refractivity contribution in [3.8, 4) is 11.5 Å². The molecule has 2 N–H and O–H groups in total. The summed E-state index contributed by atoms with van der Waals surface area (Å²) in [6.07, 6.45) is 6.25. The molecule has 0 radical (unpaired) electrons. The van der Waals surface area contributed by atoms with E-state index in [-0.39, 0.29) is 0 Å². The van der Waals surface area contributed by atoms with Crippen LogP contribution in [0.25, 0.3) is 11.5 Å². The molecule has 5 nitrogen and oxygen atoms in total. The van der Waals surface area contributed by atoms with Crippen LogP contribution in [0.5, 0.6) is 0 Å². The van der Waals surface area contributed by atoms with Crippen molar-refractivity contribution in [2.75, 3.05) is 11.9 Å². The van der Waals surface area contributed by atoms with E-state index in [0.29, 0.717) is 11.9 Å². The zero-order chi connectivity index (χ0) is 18.1. The molecule has 5 heteroatoms. The van der Waals surface area contributed by atoms with Crippen LogP contribution < -0.4 is 10.6 Å². The largest absolute Gasteiger partial charge is 0.363 e. The summed E-state index contributed by atoms with van der Waals surface area (Å²) >= 11 is 0. The second-order valence-corrected chi connectivity index (χ2v) is 7.25. The van der Waals surface area contributed by atoms with Gasteiger partial charge in [-0.2, -0.15) is 0 Å². The summed E-state index contributed by atoms with van der Waals surface area (Å²) in [5, 5.41) is 7.20. The molecule has 3 heterocycles. The number of fused-ring (bicyclic) bond motifs is 2. The third kappa shape index (κ3) is 3.19. The highest BCUT2D eigenvalue weighted by Crippen LogP contribution is 2.34. The average molecular weight is 357 g/mol. The first-order valence-corrected chi connectivity index (χ1v) is 9.75. The lowest BCUT2D eigenvalue weighted by Gasteiger charge is -2.29. The maximum absolute atomic E-state index is 4.91. The number of aryl methyl sites for hydroxylation is 1. The number of nitrogens with zero attached hydrogens (tertiary/aromatic N) is 3. The minimum absolute atomic E-state index is 0.306. The monoisotopic (exact) mass is 357 g/mol. The number of nitrogens with one attached hydrogen (secondary N) is 2. The fourth-order valence-electron chi connectivity index (χ4n) is 4.16. The molecule has 3 aromatic rings. The summed E-state index contributed by atoms with van der Waals surface area (Å²) in [6, 6.07) is 15.0. The predicted octanol–water partition coefficient (Wildman–Crippen LogP) is 3.67. The topological polar surface area (TPSA) is 62.7 Å². The van der Waals surface area contributed by atoms with Gasteiger partial charge in [-0.25, -0.2) is 9.97 Å². The van der Waals surface area contributed by atoms with Gasteiger partial charge in [0, 0.05) is 18.3 Å². The summed E-state index contributed by atoms with van der Waals surface area (Å²) in [5.74, 6) is 1.67. The minimum Gasteiger partial charge on any atom is -0.363 e. The SMILES string of the molecule is c1ccc(-c2nc3c(c(N[C@H]4CCCc5ccccc54)n2)CCNC3)nc1. The van der Waals surface area contributed by atoms with E-state index in [4.69, 9.17) is 9.97 Å². The highest BCUT2D eigenvalue weighted by atomic mass is 15.1. The smallest absolute Gasteiger partial charge is 0.180 e. The number of hydrogen-bond donors (Lipinski definition) is 2. The Labute approximate surface area is 159 Å². The summed E-state index contributed by atoms with van der Waals surface area (Å²) in [7, 11) is 0. The molecule has 0 saturated heterocycles. The molecule has 0 bridgehead atoms. The minimum atomic E-state index is 0.306. The van der Waals surface area contributed by atoms with E-state index >= 15 is 0 Å². The summed E-state index contributed by atoms with van der Waals surface area (Å²) in [5.41, 5.74) is 6.01. The van der Waals surface area contributed by atoms with Crippen LogP contribution in [0.3, 0.4) is 0 Å². The van der Waals surface area contributed by atoms with Crippen LogP contribution in [0.2, 0.25) is 0 Å². The molecule has 136 valence electrons. The zero-order valence-corrected chi connectivity index (χ0v) is 15.3. The molecule has 5 rings (SSSR count). The van der Waals surface area contributed by atoms with Crippen molar-refractivity contribution in [1.82, 2.24) is 20.3 Å². The molecule has 1 aliphatic heterocycles. The van der Waals surface area contributed by atoms with Crippen LogP contribution in [-0.4, -0.2) is 21.5 Å². The van der Waals surface area contributed by atoms with E-state index in [9.17, 15) is 0 Å². The summed E-state index contributed by atoms with van der Waals surface area (Å²) in [6.45, 7) is 1.75. The standard InChI is InChI=1S/C22H23N5/c1-2-8-16-15(6-1)7-5-10-18(16)25-21-17-11-13-23-14-20(17)26-22(27-21)19-9-3-4-12-24-19/h1-4,6,8-9,12,18,23H,5,7,10-11,13-14H2,(H,25,26,27)/t18-/m0/s1. The first kappa shape index (κ1) is 16.4. The Balaban J connectivity index is 1.56. The van der Waals surface area contributed by atoms with Gasteiger partial charge in [-0.1, -0.05) is 30.3 Å². The maximum atomic E-state index is 4.91. The molecular weight excluding hydrogens is 334 g/mol. The van der Waals surface area contributed by atoms with E-state index in [2.05, 4.69) is 39.9 Å². The van der Waals surface area contributed by atoms with Crippen molar-refractivity contribution in [3.63, 3.8) is 0 Å². The van der Waals surface area contributed by atoms with Crippen molar-refractivity contribution in [2.45, 2.75) is 38.3 Å². The van der Waals surface area contributed by atoms with Gasteiger partial charge in [-0.05, 0) is 55.5 Å². The number of rotatable bonds is 3. The second-order valence-electron chi connectivity index (χ2n) is 7.25. The van der Waals surface area contributed by atoms with Gasteiger partial charge in [0.15, 0.2) is 5.82 Å². The highest BCUT2D eigenvalue weighted by molar-refractivity contribution is 5.58. The second kappa shape index (κ2) is 7.08. The molecule has 0 unspecified atom stereocenters. The predicted molar refractivity (Wildman–Crippen MR) is 106 cm³/mol. The van der Waals surface area contributed by atoms with Gasteiger partial charge in [-0.15, -0.1) is 0 Å². The molecular formula is C22H23N5. The van der Waals surface area contributed by atoms with E-state index in [1.54, 1.807) is 6.20 Å². The van der Waals surface area contributed by atoms with Crippen LogP contribution in [0.1, 0.15) is 41.3 Å². The molecule has 2 aromatic heterocycles. The van der Waals surface area contributed by atoms with Crippen molar-refractivity contribution < 1.29 is 0 Å². The Morgan fingerprint density at radius 2 is 1.93 bits per heavy atom. The number of hydrogen-bond acceptors (Lipinski definition) is 5. The molecule has 1 atom stereocenters. The van der Waals surface area contributed by atoms with Gasteiger partial charge in [0.05, 0.1) is 11.7 Å². The quantitative estimate of drug-likeness (QED) is 0.749. The maximum Gasteiger partial charge on any atom is 0.180 e. The van der Waals surface area contributed by atoms with Gasteiger partial charge in [0.1, 0.15) is 11.5 Å². The van der Waals surface area contributed by atoms with Crippen molar-refractivity contribution >= 4 is 5.82 Å². The molecule has 0 amide bonds. The normalized spacial score (nSPS) is 18.4. The third-order valence-electron chi connectivity index (χ3n) is 5.51. The van der Waals surface area contributed by atoms with E-state index < -0.39 is 0 Å². The summed E-state index contributed by atoms with van der Waals surface area (Å²) < 4.78 is 0. The molecule has 0 saturated carbocycles. The van der Waals surface area contributed by atoms with Crippen LogP contribution in [0.4, 0.5) is 5.82 Å². The fraction of sp³-hybridized carbons (Fsp3) is 0.318. The average Bonchev–Trinajstić information content (AvgIpc) is 2.74. The van der Waals surface area contributed by atoms with Crippen molar-refractivity contribution in [2.24, 2.45) is 0 Å². The Morgan fingerprint density at radius 3 is 2.85 bits per heavy atom. The molecule has 2 aliphatic rings. The fourth-order valence-corrected chi connectivity index (χ4v) is 4.16. The number of benzene rings is 1. The highest BCUT2D eigenvalue weighted by Gasteiger charge is 2.24. The van der Waals surface area contributed by atoms with Gasteiger partial charge in [0.25, 0.3) is 0 Å². The lowest BCUT2D eigenvalue weighted by atomic mass is 9.87. The first-order chi connectivity index (χ1) is 13.4. The van der Waals surface area contributed by atoms with Crippen LogP contribution in [0, 0.1) is 0 Å². The van der Waals surface area contributed by atoms with E-state index in [1.165, 1.54) is 29.5 Å². The Bertz CT molecular complexity index is 954. The molecule has 1 aromatic carbocycles. The van der Waals surface area contributed by atoms with Gasteiger partial charge in [-0.3, -0.25) is 4.98 Å². The third-order valence-corrected chi connectivity index (χ3v) is 5.51. The van der Waals surface area contributed by atoms with Gasteiger partial charge < -0.3 is 10.6 Å². The Hall–Kier alpha value is -2.79. The lowest BCUT2D eigenvalue weighted by molar-refractivity contribution is 0.591. The first-order valence-electron chi connectivity index (χ1n) is 9.75. The van der Waals surface area contributed by atoms with Crippen LogP contribution in [0.15, 0.2) is 48.7 Å². The number of anilines is 1. The number of pyridine rings is 1.